The highest BCUT2D eigenvalue weighted by molar-refractivity contribution is 7.91. The molecular formula is C13H28N2O2S. The first kappa shape index (κ1) is 15.9. The fraction of sp³-hybridized carbons (Fsp3) is 1.00. The van der Waals surface area contributed by atoms with Gasteiger partial charge in [-0.1, -0.05) is 27.2 Å². The van der Waals surface area contributed by atoms with Crippen LogP contribution in [0.4, 0.5) is 0 Å². The number of nitrogens with two attached hydrogens (primary N) is 1. The van der Waals surface area contributed by atoms with E-state index in [1.165, 1.54) is 6.26 Å². The lowest BCUT2D eigenvalue weighted by atomic mass is 9.71. The van der Waals surface area contributed by atoms with Gasteiger partial charge < -0.3 is 0 Å². The molecule has 0 heterocycles. The SMILES string of the molecule is CCC(C)(C)C(NN)C1CCCC(S(C)(=O)=O)C1. The number of hydrazine groups is 1. The minimum atomic E-state index is -2.92. The second kappa shape index (κ2) is 5.88. The van der Waals surface area contributed by atoms with Crippen molar-refractivity contribution in [1.29, 1.82) is 0 Å². The van der Waals surface area contributed by atoms with Crippen LogP contribution in [0.1, 0.15) is 52.9 Å². The summed E-state index contributed by atoms with van der Waals surface area (Å²) in [6.45, 7) is 6.55. The van der Waals surface area contributed by atoms with E-state index in [0.29, 0.717) is 5.92 Å². The molecule has 1 fully saturated rings. The molecule has 1 saturated carbocycles. The average molecular weight is 276 g/mol. The van der Waals surface area contributed by atoms with E-state index in [9.17, 15) is 8.42 Å². The van der Waals surface area contributed by atoms with Crippen LogP contribution in [0.25, 0.3) is 0 Å². The van der Waals surface area contributed by atoms with Gasteiger partial charge in [0.1, 0.15) is 9.84 Å². The standard InChI is InChI=1S/C13H28N2O2S/c1-5-13(2,3)12(15-14)10-7-6-8-11(9-10)18(4,16)17/h10-12,15H,5-9,14H2,1-4H3. The quantitative estimate of drug-likeness (QED) is 0.594. The molecule has 0 bridgehead atoms. The molecule has 0 saturated heterocycles. The first-order valence-corrected chi connectivity index (χ1v) is 8.82. The molecule has 4 nitrogen and oxygen atoms in total. The zero-order chi connectivity index (χ0) is 14.0. The van der Waals surface area contributed by atoms with Gasteiger partial charge in [-0.25, -0.2) is 8.42 Å². The maximum Gasteiger partial charge on any atom is 0.150 e. The first-order valence-electron chi connectivity index (χ1n) is 6.87. The molecule has 108 valence electrons. The van der Waals surface area contributed by atoms with Crippen molar-refractivity contribution in [3.63, 3.8) is 0 Å². The Hall–Kier alpha value is -0.130. The molecule has 3 atom stereocenters. The second-order valence-corrected chi connectivity index (χ2v) is 8.69. The molecular weight excluding hydrogens is 248 g/mol. The largest absolute Gasteiger partial charge is 0.271 e. The van der Waals surface area contributed by atoms with Crippen LogP contribution < -0.4 is 11.3 Å². The van der Waals surface area contributed by atoms with Crippen molar-refractivity contribution in [2.45, 2.75) is 64.2 Å². The smallest absolute Gasteiger partial charge is 0.150 e. The van der Waals surface area contributed by atoms with E-state index in [4.69, 9.17) is 5.84 Å². The summed E-state index contributed by atoms with van der Waals surface area (Å²) in [7, 11) is -2.92. The van der Waals surface area contributed by atoms with E-state index < -0.39 is 9.84 Å². The lowest BCUT2D eigenvalue weighted by Gasteiger charge is -2.41. The van der Waals surface area contributed by atoms with Gasteiger partial charge in [-0.2, -0.15) is 0 Å². The molecule has 1 rings (SSSR count). The van der Waals surface area contributed by atoms with Crippen molar-refractivity contribution in [1.82, 2.24) is 5.43 Å². The van der Waals surface area contributed by atoms with Crippen LogP contribution in [0, 0.1) is 11.3 Å². The van der Waals surface area contributed by atoms with Gasteiger partial charge in [-0.05, 0) is 37.0 Å². The fourth-order valence-electron chi connectivity index (χ4n) is 3.09. The molecule has 5 heteroatoms. The lowest BCUT2D eigenvalue weighted by molar-refractivity contribution is 0.139. The van der Waals surface area contributed by atoms with Gasteiger partial charge in [0.25, 0.3) is 0 Å². The molecule has 0 aromatic carbocycles. The maximum atomic E-state index is 11.7. The van der Waals surface area contributed by atoms with E-state index in [2.05, 4.69) is 26.2 Å². The highest BCUT2D eigenvalue weighted by Gasteiger charge is 2.38. The third-order valence-corrected chi connectivity index (χ3v) is 6.32. The first-order chi connectivity index (χ1) is 8.22. The van der Waals surface area contributed by atoms with Gasteiger partial charge in [-0.15, -0.1) is 0 Å². The Kier molecular flexibility index (Phi) is 5.21. The molecule has 0 spiro atoms. The second-order valence-electron chi connectivity index (χ2n) is 6.36. The maximum absolute atomic E-state index is 11.7. The van der Waals surface area contributed by atoms with Crippen LogP contribution in [0.15, 0.2) is 0 Å². The Balaban J connectivity index is 2.82. The van der Waals surface area contributed by atoms with Crippen LogP contribution >= 0.6 is 0 Å². The summed E-state index contributed by atoms with van der Waals surface area (Å²) in [5.74, 6) is 6.08. The molecule has 0 radical (unpaired) electrons. The predicted molar refractivity (Wildman–Crippen MR) is 75.8 cm³/mol. The average Bonchev–Trinajstić information content (AvgIpc) is 2.29. The normalized spacial score (nSPS) is 28.1. The topological polar surface area (TPSA) is 72.2 Å². The van der Waals surface area contributed by atoms with E-state index in [1.807, 2.05) is 0 Å². The molecule has 0 aromatic rings. The van der Waals surface area contributed by atoms with Crippen molar-refractivity contribution in [3.05, 3.63) is 0 Å². The predicted octanol–water partition coefficient (Wildman–Crippen LogP) is 1.86. The van der Waals surface area contributed by atoms with Crippen LogP contribution in [-0.2, 0) is 9.84 Å². The third-order valence-electron chi connectivity index (χ3n) is 4.68. The monoisotopic (exact) mass is 276 g/mol. The van der Waals surface area contributed by atoms with Crippen LogP contribution in [0.2, 0.25) is 0 Å². The van der Waals surface area contributed by atoms with Crippen LogP contribution in [0.3, 0.4) is 0 Å². The molecule has 3 N–H and O–H groups in total. The zero-order valence-corrected chi connectivity index (χ0v) is 12.9. The van der Waals surface area contributed by atoms with Crippen LogP contribution in [-0.4, -0.2) is 26.0 Å². The molecule has 0 aliphatic heterocycles. The van der Waals surface area contributed by atoms with Gasteiger partial charge in [0, 0.05) is 12.3 Å². The number of rotatable bonds is 5. The summed E-state index contributed by atoms with van der Waals surface area (Å²) in [6.07, 6.45) is 6.00. The molecule has 0 aromatic heterocycles. The van der Waals surface area contributed by atoms with Crippen LogP contribution in [0.5, 0.6) is 0 Å². The Morgan fingerprint density at radius 3 is 2.44 bits per heavy atom. The van der Waals surface area contributed by atoms with Gasteiger partial charge in [-0.3, -0.25) is 11.3 Å². The van der Waals surface area contributed by atoms with Crippen molar-refractivity contribution in [2.24, 2.45) is 17.2 Å². The van der Waals surface area contributed by atoms with Gasteiger partial charge >= 0.3 is 0 Å². The van der Waals surface area contributed by atoms with Crippen molar-refractivity contribution < 1.29 is 8.42 Å². The highest BCUT2D eigenvalue weighted by Crippen LogP contribution is 2.38. The summed E-state index contributed by atoms with van der Waals surface area (Å²) in [5, 5.41) is -0.181. The lowest BCUT2D eigenvalue weighted by Crippen LogP contribution is -2.52. The number of sulfone groups is 1. The van der Waals surface area contributed by atoms with E-state index in [0.717, 1.165) is 32.1 Å². The minimum Gasteiger partial charge on any atom is -0.271 e. The Morgan fingerprint density at radius 2 is 2.00 bits per heavy atom. The molecule has 0 amide bonds. The molecule has 3 unspecified atom stereocenters. The highest BCUT2D eigenvalue weighted by atomic mass is 32.2. The summed E-state index contributed by atoms with van der Waals surface area (Å²) in [5.41, 5.74) is 3.04. The summed E-state index contributed by atoms with van der Waals surface area (Å²) in [4.78, 5) is 0. The molecule has 18 heavy (non-hydrogen) atoms. The van der Waals surface area contributed by atoms with Gasteiger partial charge in [0.05, 0.1) is 5.25 Å². The Bertz CT molecular complexity index is 365. The van der Waals surface area contributed by atoms with E-state index in [-0.39, 0.29) is 16.7 Å². The summed E-state index contributed by atoms with van der Waals surface area (Å²) in [6, 6.07) is 0.187. The number of hydrogen-bond donors (Lipinski definition) is 2. The van der Waals surface area contributed by atoms with Crippen molar-refractivity contribution in [3.8, 4) is 0 Å². The fourth-order valence-corrected chi connectivity index (χ4v) is 4.28. The van der Waals surface area contributed by atoms with Crippen molar-refractivity contribution >= 4 is 9.84 Å². The Labute approximate surface area is 112 Å². The number of nitrogens with one attached hydrogen (secondary N) is 1. The number of hydrogen-bond acceptors (Lipinski definition) is 4. The van der Waals surface area contributed by atoms with Crippen molar-refractivity contribution in [2.75, 3.05) is 6.26 Å². The summed E-state index contributed by atoms with van der Waals surface area (Å²) < 4.78 is 23.4. The summed E-state index contributed by atoms with van der Waals surface area (Å²) >= 11 is 0. The molecule has 1 aliphatic carbocycles. The van der Waals surface area contributed by atoms with E-state index in [1.54, 1.807) is 0 Å². The van der Waals surface area contributed by atoms with E-state index >= 15 is 0 Å². The van der Waals surface area contributed by atoms with Gasteiger partial charge in [0.15, 0.2) is 0 Å². The Morgan fingerprint density at radius 1 is 1.39 bits per heavy atom. The minimum absolute atomic E-state index is 0.0960. The molecule has 1 aliphatic rings. The third kappa shape index (κ3) is 3.68. The van der Waals surface area contributed by atoms with Gasteiger partial charge in [0.2, 0.25) is 0 Å². The zero-order valence-electron chi connectivity index (χ0n) is 12.1.